The molecule has 0 aliphatic heterocycles. The monoisotopic (exact) mass is 472 g/mol. The van der Waals surface area contributed by atoms with Crippen LogP contribution in [0.3, 0.4) is 0 Å². The molecular formula is C24H22Cl2N2O4. The smallest absolute Gasteiger partial charge is 0.273 e. The molecule has 8 heteroatoms. The Kier molecular flexibility index (Phi) is 8.36. The number of halogens is 2. The van der Waals surface area contributed by atoms with Gasteiger partial charge in [0.2, 0.25) is 0 Å². The quantitative estimate of drug-likeness (QED) is 0.341. The molecule has 3 rings (SSSR count). The highest BCUT2D eigenvalue weighted by Crippen LogP contribution is 2.37. The van der Waals surface area contributed by atoms with E-state index in [1.54, 1.807) is 24.3 Å². The summed E-state index contributed by atoms with van der Waals surface area (Å²) in [4.78, 5) is 17.0. The summed E-state index contributed by atoms with van der Waals surface area (Å²) in [5.74, 6) is 0.483. The van der Waals surface area contributed by atoms with E-state index in [2.05, 4.69) is 10.5 Å². The molecule has 1 amide bonds. The summed E-state index contributed by atoms with van der Waals surface area (Å²) in [6.45, 7) is 0.502. The first-order valence-corrected chi connectivity index (χ1v) is 10.5. The van der Waals surface area contributed by atoms with E-state index in [4.69, 9.17) is 37.5 Å². The van der Waals surface area contributed by atoms with Crippen LogP contribution in [0.15, 0.2) is 71.9 Å². The maximum absolute atomic E-state index is 12.2. The minimum absolute atomic E-state index is 0.148. The zero-order chi connectivity index (χ0) is 22.9. The molecule has 6 nitrogen and oxygen atoms in total. The van der Waals surface area contributed by atoms with Gasteiger partial charge in [0.05, 0.1) is 10.0 Å². The van der Waals surface area contributed by atoms with Gasteiger partial charge >= 0.3 is 0 Å². The van der Waals surface area contributed by atoms with Crippen molar-refractivity contribution in [2.75, 3.05) is 14.2 Å². The molecule has 32 heavy (non-hydrogen) atoms. The third kappa shape index (κ3) is 5.93. The Morgan fingerprint density at radius 3 is 2.25 bits per heavy atom. The molecule has 0 saturated carbocycles. The summed E-state index contributed by atoms with van der Waals surface area (Å²) in [7, 11) is 2.91. The average Bonchev–Trinajstić information content (AvgIpc) is 2.81. The first-order chi connectivity index (χ1) is 15.5. The Bertz CT molecular complexity index is 1080. The molecule has 0 aromatic heterocycles. The van der Waals surface area contributed by atoms with Crippen LogP contribution in [0, 0.1) is 0 Å². The van der Waals surface area contributed by atoms with Gasteiger partial charge in [-0.05, 0) is 11.1 Å². The molecule has 0 atom stereocenters. The number of likely N-dealkylation sites (N-methyl/N-ethyl adjacent to an activating group) is 1. The van der Waals surface area contributed by atoms with E-state index in [1.807, 2.05) is 42.5 Å². The third-order valence-electron chi connectivity index (χ3n) is 4.49. The predicted octanol–water partition coefficient (Wildman–Crippen LogP) is 5.25. The zero-order valence-corrected chi connectivity index (χ0v) is 19.1. The normalized spacial score (nSPS) is 11.1. The summed E-state index contributed by atoms with van der Waals surface area (Å²) in [5.41, 5.74) is 2.48. The fourth-order valence-corrected chi connectivity index (χ4v) is 3.52. The molecule has 0 radical (unpaired) electrons. The van der Waals surface area contributed by atoms with Crippen LogP contribution in [0.25, 0.3) is 0 Å². The van der Waals surface area contributed by atoms with Gasteiger partial charge in [0, 0.05) is 24.7 Å². The molecule has 166 valence electrons. The van der Waals surface area contributed by atoms with E-state index in [1.165, 1.54) is 14.2 Å². The minimum Gasteiger partial charge on any atom is -0.489 e. The zero-order valence-electron chi connectivity index (χ0n) is 17.6. The summed E-state index contributed by atoms with van der Waals surface area (Å²) in [6.07, 6.45) is 0. The predicted molar refractivity (Wildman–Crippen MR) is 126 cm³/mol. The lowest BCUT2D eigenvalue weighted by atomic mass is 10.0. The van der Waals surface area contributed by atoms with Gasteiger partial charge in [-0.1, -0.05) is 83.0 Å². The number of rotatable bonds is 9. The summed E-state index contributed by atoms with van der Waals surface area (Å²) in [6, 6.07) is 20.2. The van der Waals surface area contributed by atoms with Gasteiger partial charge in [-0.2, -0.15) is 0 Å². The molecule has 3 aromatic rings. The van der Waals surface area contributed by atoms with Crippen molar-refractivity contribution in [3.63, 3.8) is 0 Å². The second-order valence-corrected chi connectivity index (χ2v) is 7.45. The maximum Gasteiger partial charge on any atom is 0.273 e. The number of nitrogens with zero attached hydrogens (tertiary/aromatic N) is 1. The van der Waals surface area contributed by atoms with Crippen molar-refractivity contribution in [2.24, 2.45) is 5.16 Å². The maximum atomic E-state index is 12.2. The van der Waals surface area contributed by atoms with Gasteiger partial charge in [-0.3, -0.25) is 4.79 Å². The molecule has 0 saturated heterocycles. The van der Waals surface area contributed by atoms with Crippen LogP contribution < -0.4 is 14.8 Å². The summed E-state index contributed by atoms with van der Waals surface area (Å²) in [5, 5.41) is 7.08. The van der Waals surface area contributed by atoms with E-state index in [0.717, 1.165) is 11.1 Å². The van der Waals surface area contributed by atoms with Gasteiger partial charge in [-0.15, -0.1) is 0 Å². The number of carbonyl (C=O) groups excluding carboxylic acids is 1. The number of oxime groups is 1. The van der Waals surface area contributed by atoms with Crippen molar-refractivity contribution in [3.05, 3.63) is 93.5 Å². The molecule has 3 aromatic carbocycles. The molecule has 0 bridgehead atoms. The first kappa shape index (κ1) is 23.4. The lowest BCUT2D eigenvalue weighted by Gasteiger charge is -2.14. The van der Waals surface area contributed by atoms with Crippen molar-refractivity contribution in [1.82, 2.24) is 5.32 Å². The van der Waals surface area contributed by atoms with E-state index in [9.17, 15) is 4.79 Å². The third-order valence-corrected chi connectivity index (χ3v) is 5.05. The summed E-state index contributed by atoms with van der Waals surface area (Å²) < 4.78 is 11.7. The molecular weight excluding hydrogens is 451 g/mol. The van der Waals surface area contributed by atoms with Crippen LogP contribution in [0.1, 0.15) is 16.7 Å². The molecule has 0 aliphatic carbocycles. The standard InChI is InChI=1S/C24H22Cl2N2O4/c1-27-24(29)22(28-30-2)19-11-7-6-10-17(19)15-31-18-12-20(25)23(21(26)13-18)32-14-16-8-4-3-5-9-16/h3-13H,14-15H2,1-2H3,(H,27,29). The Morgan fingerprint density at radius 1 is 0.938 bits per heavy atom. The van der Waals surface area contributed by atoms with Crippen molar-refractivity contribution >= 4 is 34.8 Å². The SMILES string of the molecule is CNC(=O)C(=NOC)c1ccccc1COc1cc(Cl)c(OCc2ccccc2)c(Cl)c1. The van der Waals surface area contributed by atoms with Gasteiger partial charge < -0.3 is 19.6 Å². The molecule has 0 fully saturated rings. The second-order valence-electron chi connectivity index (χ2n) is 6.64. The van der Waals surface area contributed by atoms with Crippen LogP contribution in [0.2, 0.25) is 10.0 Å². The fraction of sp³-hybridized carbons (Fsp3) is 0.167. The lowest BCUT2D eigenvalue weighted by molar-refractivity contribution is -0.114. The van der Waals surface area contributed by atoms with E-state index < -0.39 is 0 Å². The van der Waals surface area contributed by atoms with Crippen molar-refractivity contribution in [3.8, 4) is 11.5 Å². The minimum atomic E-state index is -0.370. The average molecular weight is 473 g/mol. The van der Waals surface area contributed by atoms with Crippen LogP contribution >= 0.6 is 23.2 Å². The van der Waals surface area contributed by atoms with Gasteiger partial charge in [0.1, 0.15) is 26.1 Å². The summed E-state index contributed by atoms with van der Waals surface area (Å²) >= 11 is 12.8. The Hall–Kier alpha value is -3.22. The van der Waals surface area contributed by atoms with Gasteiger partial charge in [-0.25, -0.2) is 0 Å². The fourth-order valence-electron chi connectivity index (χ4n) is 2.95. The lowest BCUT2D eigenvalue weighted by Crippen LogP contribution is -2.29. The number of benzene rings is 3. The molecule has 0 unspecified atom stereocenters. The van der Waals surface area contributed by atoms with Crippen LogP contribution in [0.5, 0.6) is 11.5 Å². The van der Waals surface area contributed by atoms with Crippen LogP contribution in [0.4, 0.5) is 0 Å². The number of hydrogen-bond acceptors (Lipinski definition) is 5. The van der Waals surface area contributed by atoms with E-state index in [-0.39, 0.29) is 18.2 Å². The largest absolute Gasteiger partial charge is 0.489 e. The number of nitrogens with one attached hydrogen (secondary N) is 1. The second kappa shape index (κ2) is 11.4. The molecule has 0 heterocycles. The Balaban J connectivity index is 1.75. The van der Waals surface area contributed by atoms with Crippen LogP contribution in [-0.2, 0) is 22.8 Å². The van der Waals surface area contributed by atoms with E-state index >= 15 is 0 Å². The number of carbonyl (C=O) groups is 1. The Morgan fingerprint density at radius 2 is 1.59 bits per heavy atom. The highest BCUT2D eigenvalue weighted by Gasteiger charge is 2.18. The molecule has 0 spiro atoms. The highest BCUT2D eigenvalue weighted by molar-refractivity contribution is 6.45. The topological polar surface area (TPSA) is 69.2 Å². The van der Waals surface area contributed by atoms with E-state index in [0.29, 0.717) is 33.7 Å². The molecule has 1 N–H and O–H groups in total. The van der Waals surface area contributed by atoms with Crippen LogP contribution in [-0.4, -0.2) is 25.8 Å². The van der Waals surface area contributed by atoms with Crippen molar-refractivity contribution < 1.29 is 19.1 Å². The van der Waals surface area contributed by atoms with Crippen molar-refractivity contribution in [1.29, 1.82) is 0 Å². The van der Waals surface area contributed by atoms with Gasteiger partial charge in [0.25, 0.3) is 5.91 Å². The van der Waals surface area contributed by atoms with Gasteiger partial charge in [0.15, 0.2) is 11.5 Å². The number of amides is 1. The Labute approximate surface area is 196 Å². The highest BCUT2D eigenvalue weighted by atomic mass is 35.5. The first-order valence-electron chi connectivity index (χ1n) is 9.73. The van der Waals surface area contributed by atoms with Crippen molar-refractivity contribution in [2.45, 2.75) is 13.2 Å². The molecule has 0 aliphatic rings. The number of hydrogen-bond donors (Lipinski definition) is 1. The number of ether oxygens (including phenoxy) is 2.